The summed E-state index contributed by atoms with van der Waals surface area (Å²) in [6.07, 6.45) is 3.08. The van der Waals surface area contributed by atoms with E-state index >= 15 is 0 Å². The first-order valence-corrected chi connectivity index (χ1v) is 14.4. The van der Waals surface area contributed by atoms with Gasteiger partial charge >= 0.3 is 207 Å². The standard InChI is InChI=1S/C29H41NO2Se/c1-21-16-17-24(25(31)18-21)29(4,5)30-19-26(33-23-14-10-7-11-15-23)27(32-28(2,3)20-30)22-12-8-6-9-13-22/h6-15,21,24-27,31H,16-20H2,1-5H3/t21-,24-,25-,26+,27-/m1/s1. The molecule has 1 aliphatic heterocycles. The summed E-state index contributed by atoms with van der Waals surface area (Å²) in [5.41, 5.74) is 0.919. The predicted octanol–water partition coefficient (Wildman–Crippen LogP) is 5.23. The van der Waals surface area contributed by atoms with Gasteiger partial charge in [0.2, 0.25) is 0 Å². The molecule has 0 bridgehead atoms. The zero-order chi connectivity index (χ0) is 23.6. The van der Waals surface area contributed by atoms with Crippen molar-refractivity contribution in [3.8, 4) is 0 Å². The van der Waals surface area contributed by atoms with E-state index in [1.54, 1.807) is 0 Å². The number of hydrogen-bond donors (Lipinski definition) is 1. The Morgan fingerprint density at radius 1 is 1.00 bits per heavy atom. The van der Waals surface area contributed by atoms with Crippen molar-refractivity contribution in [1.29, 1.82) is 0 Å². The van der Waals surface area contributed by atoms with Crippen molar-refractivity contribution in [2.24, 2.45) is 11.8 Å². The van der Waals surface area contributed by atoms with Crippen LogP contribution < -0.4 is 4.46 Å². The fourth-order valence-corrected chi connectivity index (χ4v) is 8.47. The Balaban J connectivity index is 1.68. The third-order valence-electron chi connectivity index (χ3n) is 7.72. The molecule has 0 spiro atoms. The Morgan fingerprint density at radius 2 is 1.64 bits per heavy atom. The molecule has 1 N–H and O–H groups in total. The molecule has 2 aromatic rings. The van der Waals surface area contributed by atoms with E-state index in [1.165, 1.54) is 16.4 Å². The van der Waals surface area contributed by atoms with Gasteiger partial charge in [0, 0.05) is 0 Å². The summed E-state index contributed by atoms with van der Waals surface area (Å²) in [5.74, 6) is 0.912. The molecule has 2 aromatic carbocycles. The maximum atomic E-state index is 11.1. The van der Waals surface area contributed by atoms with Gasteiger partial charge in [0.1, 0.15) is 0 Å². The van der Waals surface area contributed by atoms with E-state index in [0.29, 0.717) is 16.7 Å². The van der Waals surface area contributed by atoms with Crippen LogP contribution in [0.2, 0.25) is 4.82 Å². The van der Waals surface area contributed by atoms with Crippen LogP contribution in [0.25, 0.3) is 0 Å². The number of nitrogens with zero attached hydrogens (tertiary/aromatic N) is 1. The molecule has 1 heterocycles. The van der Waals surface area contributed by atoms with Gasteiger partial charge in [-0.3, -0.25) is 0 Å². The number of aliphatic hydroxyl groups is 1. The fraction of sp³-hybridized carbons (Fsp3) is 0.586. The molecule has 3 nitrogen and oxygen atoms in total. The number of ether oxygens (including phenoxy) is 1. The van der Waals surface area contributed by atoms with Crippen LogP contribution >= 0.6 is 0 Å². The van der Waals surface area contributed by atoms with Crippen molar-refractivity contribution in [2.45, 2.75) is 82.0 Å². The zero-order valence-corrected chi connectivity index (χ0v) is 22.6. The van der Waals surface area contributed by atoms with Crippen LogP contribution in [0, 0.1) is 11.8 Å². The molecule has 1 aliphatic carbocycles. The van der Waals surface area contributed by atoms with Crippen LogP contribution in [-0.2, 0) is 4.74 Å². The average molecular weight is 515 g/mol. The van der Waals surface area contributed by atoms with Gasteiger partial charge in [-0.2, -0.15) is 0 Å². The maximum absolute atomic E-state index is 11.1. The van der Waals surface area contributed by atoms with Crippen molar-refractivity contribution in [3.05, 3.63) is 66.2 Å². The Labute approximate surface area is 207 Å². The van der Waals surface area contributed by atoms with E-state index in [4.69, 9.17) is 4.74 Å². The number of hydrogen-bond acceptors (Lipinski definition) is 3. The molecule has 33 heavy (non-hydrogen) atoms. The summed E-state index contributed by atoms with van der Waals surface area (Å²) in [5, 5.41) is 11.1. The molecule has 5 atom stereocenters. The van der Waals surface area contributed by atoms with Crippen molar-refractivity contribution < 1.29 is 9.84 Å². The van der Waals surface area contributed by atoms with Crippen LogP contribution in [-0.4, -0.2) is 55.3 Å². The van der Waals surface area contributed by atoms with E-state index in [1.807, 2.05) is 0 Å². The first-order chi connectivity index (χ1) is 15.7. The van der Waals surface area contributed by atoms with Crippen LogP contribution in [0.3, 0.4) is 0 Å². The molecule has 0 amide bonds. The molecule has 4 rings (SSSR count). The molecule has 0 unspecified atom stereocenters. The first-order valence-electron chi connectivity index (χ1n) is 12.5. The van der Waals surface area contributed by atoms with Crippen molar-refractivity contribution in [2.75, 3.05) is 13.1 Å². The summed E-state index contributed by atoms with van der Waals surface area (Å²) in [7, 11) is 0. The van der Waals surface area contributed by atoms with Gasteiger partial charge in [-0.15, -0.1) is 0 Å². The van der Waals surface area contributed by atoms with E-state index in [-0.39, 0.29) is 38.3 Å². The van der Waals surface area contributed by atoms with Crippen LogP contribution in [0.4, 0.5) is 0 Å². The third-order valence-corrected chi connectivity index (χ3v) is 10.3. The second-order valence-corrected chi connectivity index (χ2v) is 14.1. The van der Waals surface area contributed by atoms with Gasteiger partial charge in [-0.25, -0.2) is 0 Å². The number of rotatable bonds is 5. The number of benzene rings is 2. The van der Waals surface area contributed by atoms with Gasteiger partial charge in [0.25, 0.3) is 0 Å². The third kappa shape index (κ3) is 5.92. The van der Waals surface area contributed by atoms with Gasteiger partial charge in [0.15, 0.2) is 0 Å². The predicted molar refractivity (Wildman–Crippen MR) is 138 cm³/mol. The summed E-state index contributed by atoms with van der Waals surface area (Å²) in [6.45, 7) is 13.3. The van der Waals surface area contributed by atoms with Crippen molar-refractivity contribution >= 4 is 19.4 Å². The Bertz CT molecular complexity index is 885. The van der Waals surface area contributed by atoms with Crippen LogP contribution in [0.15, 0.2) is 60.7 Å². The Hall–Kier alpha value is -1.16. The minimum atomic E-state index is -0.272. The van der Waals surface area contributed by atoms with E-state index in [9.17, 15) is 5.11 Å². The summed E-state index contributed by atoms with van der Waals surface area (Å²) in [6, 6.07) is 21.7. The Kier molecular flexibility index (Phi) is 7.72. The fourth-order valence-electron chi connectivity index (χ4n) is 5.84. The van der Waals surface area contributed by atoms with Crippen LogP contribution in [0.5, 0.6) is 0 Å². The second-order valence-electron chi connectivity index (χ2n) is 11.3. The molecule has 180 valence electrons. The molecular weight excluding hydrogens is 473 g/mol. The molecule has 2 aliphatic rings. The van der Waals surface area contributed by atoms with Crippen molar-refractivity contribution in [3.63, 3.8) is 0 Å². The molecule has 1 saturated carbocycles. The summed E-state index contributed by atoms with van der Waals surface area (Å²) >= 11 is 0.274. The quantitative estimate of drug-likeness (QED) is 0.555. The SMILES string of the molecule is C[C@@H]1CC[C@@H](C(C)(C)N2C[C@H]([Se]c3ccccc3)[C@@H](c3ccccc3)OC(C)(C)C2)[C@H](O)C1. The minimum absolute atomic E-state index is 0.0681. The van der Waals surface area contributed by atoms with Gasteiger partial charge in [-0.1, -0.05) is 0 Å². The molecule has 0 radical (unpaired) electrons. The van der Waals surface area contributed by atoms with Gasteiger partial charge in [-0.05, 0) is 0 Å². The van der Waals surface area contributed by atoms with E-state index in [0.717, 1.165) is 25.9 Å². The zero-order valence-electron chi connectivity index (χ0n) is 20.9. The molecule has 2 fully saturated rings. The monoisotopic (exact) mass is 515 g/mol. The molecular formula is C29H41NO2Se. The molecule has 1 saturated heterocycles. The van der Waals surface area contributed by atoms with Crippen LogP contribution in [0.1, 0.15) is 65.5 Å². The summed E-state index contributed by atoms with van der Waals surface area (Å²) in [4.78, 5) is 3.05. The number of aliphatic hydroxyl groups excluding tert-OH is 1. The van der Waals surface area contributed by atoms with Gasteiger partial charge < -0.3 is 0 Å². The average Bonchev–Trinajstić information content (AvgIpc) is 2.91. The van der Waals surface area contributed by atoms with E-state index in [2.05, 4.69) is 100 Å². The second kappa shape index (κ2) is 10.2. The topological polar surface area (TPSA) is 32.7 Å². The van der Waals surface area contributed by atoms with Gasteiger partial charge in [0.05, 0.1) is 0 Å². The van der Waals surface area contributed by atoms with E-state index < -0.39 is 0 Å². The molecule has 4 heteroatoms. The molecule has 0 aromatic heterocycles. The Morgan fingerprint density at radius 3 is 2.27 bits per heavy atom. The summed E-state index contributed by atoms with van der Waals surface area (Å²) < 4.78 is 8.36. The normalized spacial score (nSPS) is 31.2. The first kappa shape index (κ1) is 24.9. The van der Waals surface area contributed by atoms with Crippen molar-refractivity contribution in [1.82, 2.24) is 4.90 Å².